The second kappa shape index (κ2) is 10.8. The van der Waals surface area contributed by atoms with Gasteiger partial charge in [0, 0.05) is 26.1 Å². The number of morpholine rings is 1. The van der Waals surface area contributed by atoms with E-state index in [0.717, 1.165) is 76.3 Å². The molecule has 0 radical (unpaired) electrons. The number of aryl methyl sites for hydroxylation is 2. The summed E-state index contributed by atoms with van der Waals surface area (Å²) >= 11 is 6.16. The molecular formula is C24H30ClN3O2. The van der Waals surface area contributed by atoms with Crippen LogP contribution < -0.4 is 4.74 Å². The van der Waals surface area contributed by atoms with Crippen molar-refractivity contribution in [3.63, 3.8) is 0 Å². The Bertz CT molecular complexity index is 937. The summed E-state index contributed by atoms with van der Waals surface area (Å²) < 4.78 is 13.7. The number of unbranched alkanes of at least 4 members (excludes halogenated alkanes) is 1. The van der Waals surface area contributed by atoms with E-state index in [9.17, 15) is 0 Å². The van der Waals surface area contributed by atoms with E-state index in [0.29, 0.717) is 11.6 Å². The van der Waals surface area contributed by atoms with Gasteiger partial charge >= 0.3 is 0 Å². The molecule has 1 aromatic heterocycles. The lowest BCUT2D eigenvalue weighted by Crippen LogP contribution is -2.37. The van der Waals surface area contributed by atoms with Gasteiger partial charge in [-0.05, 0) is 50.1 Å². The zero-order valence-electron chi connectivity index (χ0n) is 17.4. The van der Waals surface area contributed by atoms with Crippen molar-refractivity contribution < 1.29 is 9.47 Å². The summed E-state index contributed by atoms with van der Waals surface area (Å²) in [7, 11) is 0. The number of fused-ring (bicyclic) bond motifs is 1. The minimum atomic E-state index is 0.667. The first-order chi connectivity index (χ1) is 14.8. The van der Waals surface area contributed by atoms with Crippen molar-refractivity contribution in [3.8, 4) is 5.75 Å². The second-order valence-electron chi connectivity index (χ2n) is 7.71. The van der Waals surface area contributed by atoms with Gasteiger partial charge < -0.3 is 14.0 Å². The Hall–Kier alpha value is -2.08. The summed E-state index contributed by atoms with van der Waals surface area (Å²) in [6.07, 6.45) is 4.15. The monoisotopic (exact) mass is 427 g/mol. The maximum absolute atomic E-state index is 6.16. The SMILES string of the molecule is Clc1ccccc1OCCCCn1c(CCCN2CCOCC2)nc2ccccc21. The molecule has 1 fully saturated rings. The van der Waals surface area contributed by atoms with Crippen LogP contribution in [0.5, 0.6) is 5.75 Å². The van der Waals surface area contributed by atoms with Gasteiger partial charge in [-0.1, -0.05) is 35.9 Å². The Kier molecular flexibility index (Phi) is 7.62. The zero-order chi connectivity index (χ0) is 20.6. The first kappa shape index (κ1) is 21.2. The van der Waals surface area contributed by atoms with Crippen molar-refractivity contribution in [1.29, 1.82) is 0 Å². The highest BCUT2D eigenvalue weighted by atomic mass is 35.5. The number of benzene rings is 2. The molecule has 160 valence electrons. The van der Waals surface area contributed by atoms with Crippen molar-refractivity contribution in [2.75, 3.05) is 39.5 Å². The van der Waals surface area contributed by atoms with Crippen LogP contribution >= 0.6 is 11.6 Å². The van der Waals surface area contributed by atoms with Crippen LogP contribution in [0.25, 0.3) is 11.0 Å². The number of halogens is 1. The van der Waals surface area contributed by atoms with E-state index in [2.05, 4.69) is 33.7 Å². The molecule has 3 aromatic rings. The molecule has 0 atom stereocenters. The van der Waals surface area contributed by atoms with E-state index >= 15 is 0 Å². The van der Waals surface area contributed by atoms with Crippen molar-refractivity contribution in [2.24, 2.45) is 0 Å². The summed E-state index contributed by atoms with van der Waals surface area (Å²) in [6.45, 7) is 6.54. The number of hydrogen-bond acceptors (Lipinski definition) is 4. The van der Waals surface area contributed by atoms with Crippen LogP contribution in [0.1, 0.15) is 25.1 Å². The predicted octanol–water partition coefficient (Wildman–Crippen LogP) is 4.81. The minimum absolute atomic E-state index is 0.667. The average molecular weight is 428 g/mol. The fourth-order valence-corrected chi connectivity index (χ4v) is 4.16. The molecule has 0 spiro atoms. The Morgan fingerprint density at radius 1 is 0.933 bits per heavy atom. The van der Waals surface area contributed by atoms with Crippen LogP contribution in [-0.2, 0) is 17.7 Å². The Labute approximate surface area is 183 Å². The molecule has 0 saturated carbocycles. The molecule has 0 aliphatic carbocycles. The number of hydrogen-bond donors (Lipinski definition) is 0. The maximum Gasteiger partial charge on any atom is 0.137 e. The van der Waals surface area contributed by atoms with E-state index < -0.39 is 0 Å². The molecular weight excluding hydrogens is 398 g/mol. The zero-order valence-corrected chi connectivity index (χ0v) is 18.2. The van der Waals surface area contributed by atoms with Gasteiger partial charge in [-0.3, -0.25) is 4.90 Å². The number of imidazole rings is 1. The van der Waals surface area contributed by atoms with Gasteiger partial charge in [0.1, 0.15) is 11.6 Å². The van der Waals surface area contributed by atoms with Gasteiger partial charge in [0.25, 0.3) is 0 Å². The van der Waals surface area contributed by atoms with Crippen LogP contribution in [0.2, 0.25) is 5.02 Å². The fraction of sp³-hybridized carbons (Fsp3) is 0.458. The highest BCUT2D eigenvalue weighted by Crippen LogP contribution is 2.23. The molecule has 2 aromatic carbocycles. The third kappa shape index (κ3) is 5.54. The standard InChI is InChI=1S/C24H30ClN3O2/c25-20-8-1-4-11-23(20)30-17-6-5-14-28-22-10-3-2-9-21(22)26-24(28)12-7-13-27-15-18-29-19-16-27/h1-4,8-11H,5-7,12-19H2. The van der Waals surface area contributed by atoms with E-state index in [-0.39, 0.29) is 0 Å². The van der Waals surface area contributed by atoms with E-state index in [1.807, 2.05) is 24.3 Å². The molecule has 0 unspecified atom stereocenters. The Morgan fingerprint density at radius 3 is 2.60 bits per heavy atom. The van der Waals surface area contributed by atoms with Crippen molar-refractivity contribution in [2.45, 2.75) is 32.2 Å². The summed E-state index contributed by atoms with van der Waals surface area (Å²) in [4.78, 5) is 7.41. The molecule has 6 heteroatoms. The first-order valence-corrected chi connectivity index (χ1v) is 11.3. The number of aromatic nitrogens is 2. The van der Waals surface area contributed by atoms with E-state index in [1.54, 1.807) is 0 Å². The van der Waals surface area contributed by atoms with Crippen LogP contribution in [0.15, 0.2) is 48.5 Å². The van der Waals surface area contributed by atoms with E-state index in [1.165, 1.54) is 11.3 Å². The molecule has 0 N–H and O–H groups in total. The average Bonchev–Trinajstić information content (AvgIpc) is 3.13. The van der Waals surface area contributed by atoms with Gasteiger partial charge in [0.15, 0.2) is 0 Å². The summed E-state index contributed by atoms with van der Waals surface area (Å²) in [6, 6.07) is 16.1. The second-order valence-corrected chi connectivity index (χ2v) is 8.12. The number of ether oxygens (including phenoxy) is 2. The highest BCUT2D eigenvalue weighted by Gasteiger charge is 2.13. The number of para-hydroxylation sites is 3. The molecule has 1 aliphatic heterocycles. The number of nitrogens with zero attached hydrogens (tertiary/aromatic N) is 3. The lowest BCUT2D eigenvalue weighted by atomic mass is 10.2. The summed E-state index contributed by atoms with van der Waals surface area (Å²) in [5.74, 6) is 1.95. The van der Waals surface area contributed by atoms with Crippen LogP contribution in [0.4, 0.5) is 0 Å². The quantitative estimate of drug-likeness (QED) is 0.435. The fourth-order valence-electron chi connectivity index (χ4n) is 3.97. The molecule has 0 amide bonds. The molecule has 5 nitrogen and oxygen atoms in total. The molecule has 30 heavy (non-hydrogen) atoms. The summed E-state index contributed by atoms with van der Waals surface area (Å²) in [5, 5.41) is 0.667. The van der Waals surface area contributed by atoms with Gasteiger partial charge in [-0.2, -0.15) is 0 Å². The molecule has 4 rings (SSSR count). The minimum Gasteiger partial charge on any atom is -0.492 e. The third-order valence-electron chi connectivity index (χ3n) is 5.58. The molecule has 1 aliphatic rings. The predicted molar refractivity (Wildman–Crippen MR) is 121 cm³/mol. The Balaban J connectivity index is 1.31. The van der Waals surface area contributed by atoms with Gasteiger partial charge in [0.2, 0.25) is 0 Å². The smallest absolute Gasteiger partial charge is 0.137 e. The third-order valence-corrected chi connectivity index (χ3v) is 5.89. The lowest BCUT2D eigenvalue weighted by Gasteiger charge is -2.26. The van der Waals surface area contributed by atoms with Crippen LogP contribution in [0.3, 0.4) is 0 Å². The topological polar surface area (TPSA) is 39.5 Å². The molecule has 2 heterocycles. The summed E-state index contributed by atoms with van der Waals surface area (Å²) in [5.41, 5.74) is 2.32. The van der Waals surface area contributed by atoms with Crippen molar-refractivity contribution in [1.82, 2.24) is 14.5 Å². The van der Waals surface area contributed by atoms with Crippen molar-refractivity contribution in [3.05, 3.63) is 59.4 Å². The largest absolute Gasteiger partial charge is 0.492 e. The highest BCUT2D eigenvalue weighted by molar-refractivity contribution is 6.32. The maximum atomic E-state index is 6.16. The normalized spacial score (nSPS) is 15.0. The van der Waals surface area contributed by atoms with Crippen molar-refractivity contribution >= 4 is 22.6 Å². The molecule has 0 bridgehead atoms. The number of rotatable bonds is 10. The van der Waals surface area contributed by atoms with Gasteiger partial charge in [-0.15, -0.1) is 0 Å². The lowest BCUT2D eigenvalue weighted by molar-refractivity contribution is 0.0374. The Morgan fingerprint density at radius 2 is 1.73 bits per heavy atom. The van der Waals surface area contributed by atoms with E-state index in [4.69, 9.17) is 26.1 Å². The molecule has 1 saturated heterocycles. The van der Waals surface area contributed by atoms with Gasteiger partial charge in [0.05, 0.1) is 35.9 Å². The first-order valence-electron chi connectivity index (χ1n) is 10.9. The van der Waals surface area contributed by atoms with Crippen LogP contribution in [-0.4, -0.2) is 53.9 Å². The van der Waals surface area contributed by atoms with Crippen LogP contribution in [0, 0.1) is 0 Å². The van der Waals surface area contributed by atoms with Gasteiger partial charge in [-0.25, -0.2) is 4.98 Å².